The summed E-state index contributed by atoms with van der Waals surface area (Å²) in [6.07, 6.45) is 4.31. The number of aromatic nitrogens is 2. The summed E-state index contributed by atoms with van der Waals surface area (Å²) in [5.74, 6) is 2.07. The van der Waals surface area contributed by atoms with Gasteiger partial charge >= 0.3 is 0 Å². The molecule has 1 aliphatic rings. The van der Waals surface area contributed by atoms with Crippen LogP contribution in [0.5, 0.6) is 0 Å². The van der Waals surface area contributed by atoms with Crippen LogP contribution in [0.4, 0.5) is 0 Å². The topological polar surface area (TPSA) is 54.9 Å². The van der Waals surface area contributed by atoms with Crippen molar-refractivity contribution in [3.8, 4) is 0 Å². The molecule has 0 radical (unpaired) electrons. The lowest BCUT2D eigenvalue weighted by atomic mass is 9.89. The van der Waals surface area contributed by atoms with Gasteiger partial charge in [-0.1, -0.05) is 25.6 Å². The van der Waals surface area contributed by atoms with Crippen LogP contribution in [0.1, 0.15) is 36.5 Å². The summed E-state index contributed by atoms with van der Waals surface area (Å²) in [6.45, 7) is 4.39. The molecule has 4 nitrogen and oxygen atoms in total. The van der Waals surface area contributed by atoms with E-state index in [0.717, 1.165) is 40.9 Å². The zero-order valence-corrected chi connectivity index (χ0v) is 14.9. The number of rotatable bonds is 4. The first kappa shape index (κ1) is 15.7. The molecule has 118 valence electrons. The number of thioether (sulfide) groups is 1. The highest BCUT2D eigenvalue weighted by molar-refractivity contribution is 8.00. The van der Waals surface area contributed by atoms with Crippen LogP contribution < -0.4 is 5.32 Å². The van der Waals surface area contributed by atoms with Crippen LogP contribution in [0.3, 0.4) is 0 Å². The van der Waals surface area contributed by atoms with Crippen molar-refractivity contribution in [2.75, 3.05) is 12.8 Å². The Kier molecular flexibility index (Phi) is 4.68. The molecule has 0 aromatic carbocycles. The van der Waals surface area contributed by atoms with Crippen LogP contribution in [-0.2, 0) is 24.1 Å². The molecule has 1 aliphatic carbocycles. The molecule has 0 saturated heterocycles. The van der Waals surface area contributed by atoms with Crippen LogP contribution >= 0.6 is 23.1 Å². The second-order valence-corrected chi connectivity index (χ2v) is 7.84. The van der Waals surface area contributed by atoms with Crippen molar-refractivity contribution in [1.82, 2.24) is 15.3 Å². The summed E-state index contributed by atoms with van der Waals surface area (Å²) in [6, 6.07) is 0. The Labute approximate surface area is 139 Å². The van der Waals surface area contributed by atoms with Gasteiger partial charge in [0.25, 0.3) is 0 Å². The molecule has 6 heteroatoms. The summed E-state index contributed by atoms with van der Waals surface area (Å²) >= 11 is 3.36. The highest BCUT2D eigenvalue weighted by atomic mass is 32.2. The summed E-state index contributed by atoms with van der Waals surface area (Å²) in [4.78, 5) is 23.6. The van der Waals surface area contributed by atoms with Gasteiger partial charge in [-0.25, -0.2) is 9.97 Å². The SMILES string of the molecule is CCc1nc(SCC(=O)NC)c2c3c(sc2n1)C[C@H](C)CC3. The largest absolute Gasteiger partial charge is 0.358 e. The maximum Gasteiger partial charge on any atom is 0.230 e. The van der Waals surface area contributed by atoms with E-state index in [2.05, 4.69) is 19.2 Å². The molecule has 1 amide bonds. The van der Waals surface area contributed by atoms with E-state index < -0.39 is 0 Å². The van der Waals surface area contributed by atoms with Crippen LogP contribution in [0, 0.1) is 5.92 Å². The zero-order chi connectivity index (χ0) is 15.7. The van der Waals surface area contributed by atoms with E-state index >= 15 is 0 Å². The highest BCUT2D eigenvalue weighted by Crippen LogP contribution is 2.40. The van der Waals surface area contributed by atoms with Gasteiger partial charge in [0.05, 0.1) is 5.75 Å². The molecular formula is C16H21N3OS2. The molecule has 3 rings (SSSR count). The molecule has 0 spiro atoms. The molecule has 2 heterocycles. The van der Waals surface area contributed by atoms with Crippen molar-refractivity contribution in [3.63, 3.8) is 0 Å². The predicted molar refractivity (Wildman–Crippen MR) is 92.8 cm³/mol. The number of carbonyl (C=O) groups excluding carboxylic acids is 1. The minimum atomic E-state index is 0.0348. The lowest BCUT2D eigenvalue weighted by molar-refractivity contribution is -0.118. The van der Waals surface area contributed by atoms with Gasteiger partial charge in [0.2, 0.25) is 5.91 Å². The maximum absolute atomic E-state index is 11.6. The Morgan fingerprint density at radius 2 is 2.27 bits per heavy atom. The number of amides is 1. The average molecular weight is 335 g/mol. The van der Waals surface area contributed by atoms with Crippen molar-refractivity contribution in [2.24, 2.45) is 5.92 Å². The molecule has 22 heavy (non-hydrogen) atoms. The minimum Gasteiger partial charge on any atom is -0.358 e. The summed E-state index contributed by atoms with van der Waals surface area (Å²) in [5.41, 5.74) is 1.43. The highest BCUT2D eigenvalue weighted by Gasteiger charge is 2.24. The molecule has 2 aromatic heterocycles. The van der Waals surface area contributed by atoms with E-state index in [9.17, 15) is 4.79 Å². The molecular weight excluding hydrogens is 314 g/mol. The van der Waals surface area contributed by atoms with Gasteiger partial charge in [-0.3, -0.25) is 4.79 Å². The zero-order valence-electron chi connectivity index (χ0n) is 13.2. The quantitative estimate of drug-likeness (QED) is 0.688. The number of hydrogen-bond acceptors (Lipinski definition) is 5. The number of hydrogen-bond donors (Lipinski definition) is 1. The van der Waals surface area contributed by atoms with Crippen LogP contribution in [0.2, 0.25) is 0 Å². The number of nitrogens with zero attached hydrogens (tertiary/aromatic N) is 2. The molecule has 0 unspecified atom stereocenters. The summed E-state index contributed by atoms with van der Waals surface area (Å²) in [5, 5.41) is 4.86. The van der Waals surface area contributed by atoms with Gasteiger partial charge in [0.1, 0.15) is 15.7 Å². The van der Waals surface area contributed by atoms with Gasteiger partial charge in [-0.05, 0) is 30.7 Å². The van der Waals surface area contributed by atoms with Crippen molar-refractivity contribution in [2.45, 2.75) is 44.6 Å². The lowest BCUT2D eigenvalue weighted by Crippen LogP contribution is -2.19. The Balaban J connectivity index is 2.06. The maximum atomic E-state index is 11.6. The average Bonchev–Trinajstić information content (AvgIpc) is 2.89. The summed E-state index contributed by atoms with van der Waals surface area (Å²) in [7, 11) is 1.67. The van der Waals surface area contributed by atoms with Gasteiger partial charge in [0.15, 0.2) is 0 Å². The number of aryl methyl sites for hydroxylation is 2. The first-order valence-corrected chi connectivity index (χ1v) is 9.57. The normalized spacial score (nSPS) is 17.5. The standard InChI is InChI=1S/C16H21N3OS2/c1-4-12-18-15(21-8-13(20)17-3)14-10-6-5-9(2)7-11(10)22-16(14)19-12/h9H,4-8H2,1-3H3,(H,17,20)/t9-/m1/s1. The second-order valence-electron chi connectivity index (χ2n) is 5.79. The van der Waals surface area contributed by atoms with Crippen molar-refractivity contribution < 1.29 is 4.79 Å². The monoisotopic (exact) mass is 335 g/mol. The Hall–Kier alpha value is -1.14. The third-order valence-corrected chi connectivity index (χ3v) is 6.23. The Morgan fingerprint density at radius 3 is 3.00 bits per heavy atom. The summed E-state index contributed by atoms with van der Waals surface area (Å²) < 4.78 is 0. The van der Waals surface area contributed by atoms with Gasteiger partial charge in [-0.2, -0.15) is 0 Å². The van der Waals surface area contributed by atoms with Crippen molar-refractivity contribution >= 4 is 39.2 Å². The number of thiophene rings is 1. The predicted octanol–water partition coefficient (Wildman–Crippen LogP) is 3.22. The smallest absolute Gasteiger partial charge is 0.230 e. The number of fused-ring (bicyclic) bond motifs is 3. The lowest BCUT2D eigenvalue weighted by Gasteiger charge is -2.18. The molecule has 1 atom stereocenters. The Morgan fingerprint density at radius 1 is 1.45 bits per heavy atom. The Bertz CT molecular complexity index is 711. The van der Waals surface area contributed by atoms with Gasteiger partial charge < -0.3 is 5.32 Å². The first-order chi connectivity index (χ1) is 10.6. The molecule has 2 aromatic rings. The van der Waals surface area contributed by atoms with Crippen LogP contribution in [0.25, 0.3) is 10.2 Å². The molecule has 0 aliphatic heterocycles. The van der Waals surface area contributed by atoms with Gasteiger partial charge in [0, 0.05) is 23.7 Å². The fourth-order valence-corrected chi connectivity index (χ4v) is 5.23. The first-order valence-electron chi connectivity index (χ1n) is 7.76. The van der Waals surface area contributed by atoms with E-state index in [1.807, 2.05) is 11.3 Å². The molecule has 0 fully saturated rings. The second kappa shape index (κ2) is 6.54. The fourth-order valence-electron chi connectivity index (χ4n) is 2.82. The third kappa shape index (κ3) is 2.99. The molecule has 0 saturated carbocycles. The van der Waals surface area contributed by atoms with Crippen molar-refractivity contribution in [1.29, 1.82) is 0 Å². The van der Waals surface area contributed by atoms with E-state index in [0.29, 0.717) is 5.75 Å². The number of carbonyl (C=O) groups is 1. The third-order valence-electron chi connectivity index (χ3n) is 4.10. The minimum absolute atomic E-state index is 0.0348. The van der Waals surface area contributed by atoms with Crippen LogP contribution in [-0.4, -0.2) is 28.7 Å². The van der Waals surface area contributed by atoms with E-state index in [1.165, 1.54) is 34.0 Å². The van der Waals surface area contributed by atoms with E-state index in [4.69, 9.17) is 9.97 Å². The van der Waals surface area contributed by atoms with Gasteiger partial charge in [-0.15, -0.1) is 11.3 Å². The van der Waals surface area contributed by atoms with Crippen molar-refractivity contribution in [3.05, 3.63) is 16.3 Å². The van der Waals surface area contributed by atoms with E-state index in [1.54, 1.807) is 7.05 Å². The fraction of sp³-hybridized carbons (Fsp3) is 0.562. The molecule has 1 N–H and O–H groups in total. The molecule has 0 bridgehead atoms. The number of nitrogens with one attached hydrogen (secondary N) is 1. The van der Waals surface area contributed by atoms with E-state index in [-0.39, 0.29) is 5.91 Å². The van der Waals surface area contributed by atoms with Crippen LogP contribution in [0.15, 0.2) is 5.03 Å².